The van der Waals surface area contributed by atoms with Gasteiger partial charge in [-0.2, -0.15) is 0 Å². The molecule has 0 aromatic heterocycles. The van der Waals surface area contributed by atoms with Crippen LogP contribution in [-0.4, -0.2) is 21.3 Å². The molecule has 0 amide bonds. The molecule has 3 nitrogen and oxygen atoms in total. The number of hydrogen-bond donors (Lipinski definition) is 0. The van der Waals surface area contributed by atoms with Crippen LogP contribution in [0.1, 0.15) is 6.92 Å². The molecule has 0 bridgehead atoms. The van der Waals surface area contributed by atoms with E-state index in [0.29, 0.717) is 17.2 Å². The first kappa shape index (κ1) is 12.0. The van der Waals surface area contributed by atoms with Gasteiger partial charge in [0.1, 0.15) is 0 Å². The molecule has 1 aromatic carbocycles. The molecule has 0 atom stereocenters. The van der Waals surface area contributed by atoms with Gasteiger partial charge in [0.2, 0.25) is 5.75 Å². The second-order valence-electron chi connectivity index (χ2n) is 2.69. The van der Waals surface area contributed by atoms with E-state index in [1.807, 2.05) is 24.8 Å². The third kappa shape index (κ3) is 2.50. The van der Waals surface area contributed by atoms with Crippen molar-refractivity contribution in [1.29, 1.82) is 0 Å². The Labute approximate surface area is 94.7 Å². The van der Waals surface area contributed by atoms with Crippen LogP contribution in [0.3, 0.4) is 0 Å². The lowest BCUT2D eigenvalue weighted by molar-refractivity contribution is 0.319. The highest BCUT2D eigenvalue weighted by molar-refractivity contribution is 8.01. The Kier molecular flexibility index (Phi) is 4.62. The summed E-state index contributed by atoms with van der Waals surface area (Å²) in [7, 11) is 4.83. The van der Waals surface area contributed by atoms with Crippen molar-refractivity contribution < 1.29 is 14.2 Å². The summed E-state index contributed by atoms with van der Waals surface area (Å²) in [6.07, 6.45) is 0. The predicted molar refractivity (Wildman–Crippen MR) is 61.9 cm³/mol. The number of thioether (sulfide) groups is 1. The van der Waals surface area contributed by atoms with Crippen molar-refractivity contribution in [3.05, 3.63) is 17.9 Å². The minimum absolute atomic E-state index is 0.631. The van der Waals surface area contributed by atoms with Crippen LogP contribution in [0.25, 0.3) is 0 Å². The monoisotopic (exact) mass is 227 g/mol. The van der Waals surface area contributed by atoms with E-state index < -0.39 is 0 Å². The number of methoxy groups -OCH3 is 3. The zero-order valence-electron chi connectivity index (χ0n) is 9.37. The van der Waals surface area contributed by atoms with Gasteiger partial charge in [-0.25, -0.2) is 0 Å². The first-order valence-electron chi connectivity index (χ1n) is 4.51. The van der Waals surface area contributed by atoms with Crippen LogP contribution < -0.4 is 14.2 Å². The molecule has 0 aliphatic carbocycles. The van der Waals surface area contributed by atoms with Crippen LogP contribution in [0.15, 0.2) is 17.0 Å². The molecule has 1 rings (SSSR count). The first-order valence-corrected chi connectivity index (χ1v) is 5.39. The van der Waals surface area contributed by atoms with Crippen molar-refractivity contribution in [3.63, 3.8) is 0 Å². The summed E-state index contributed by atoms with van der Waals surface area (Å²) in [5.74, 6) is 4.01. The van der Waals surface area contributed by atoms with Gasteiger partial charge in [-0.15, -0.1) is 11.8 Å². The lowest BCUT2D eigenvalue weighted by Gasteiger charge is -2.14. The molecule has 0 unspecified atom stereocenters. The summed E-state index contributed by atoms with van der Waals surface area (Å²) in [6.45, 7) is 1.97. The van der Waals surface area contributed by atoms with Gasteiger partial charge < -0.3 is 14.2 Å². The van der Waals surface area contributed by atoms with Crippen LogP contribution in [0.4, 0.5) is 0 Å². The van der Waals surface area contributed by atoms with E-state index in [0.717, 1.165) is 4.90 Å². The van der Waals surface area contributed by atoms with Crippen LogP contribution in [0, 0.1) is 5.75 Å². The summed E-state index contributed by atoms with van der Waals surface area (Å²) < 4.78 is 15.8. The molecule has 0 heterocycles. The minimum Gasteiger partial charge on any atom is -0.493 e. The molecule has 0 spiro atoms. The van der Waals surface area contributed by atoms with E-state index in [-0.39, 0.29) is 0 Å². The van der Waals surface area contributed by atoms with Gasteiger partial charge in [0, 0.05) is 5.75 Å². The maximum Gasteiger partial charge on any atom is 0.204 e. The fraction of sp³-hybridized carbons (Fsp3) is 0.364. The van der Waals surface area contributed by atoms with Gasteiger partial charge in [0.05, 0.1) is 26.2 Å². The van der Waals surface area contributed by atoms with E-state index in [9.17, 15) is 0 Å². The molecular weight excluding hydrogens is 212 g/mol. The van der Waals surface area contributed by atoms with Gasteiger partial charge in [-0.1, -0.05) is 6.92 Å². The average Bonchev–Trinajstić information content (AvgIpc) is 2.28. The SMILES string of the molecule is C[CH]Sc1ccc(OC)c(OC)c1OC. The van der Waals surface area contributed by atoms with E-state index in [4.69, 9.17) is 14.2 Å². The number of ether oxygens (including phenoxy) is 3. The molecule has 0 aliphatic heterocycles. The Morgan fingerprint density at radius 2 is 1.67 bits per heavy atom. The Balaban J connectivity index is 3.21. The van der Waals surface area contributed by atoms with Gasteiger partial charge in [0.15, 0.2) is 11.5 Å². The van der Waals surface area contributed by atoms with Gasteiger partial charge in [0.25, 0.3) is 0 Å². The smallest absolute Gasteiger partial charge is 0.204 e. The second-order valence-corrected chi connectivity index (χ2v) is 3.83. The van der Waals surface area contributed by atoms with E-state index in [2.05, 4.69) is 0 Å². The number of hydrogen-bond acceptors (Lipinski definition) is 4. The number of rotatable bonds is 5. The van der Waals surface area contributed by atoms with Crippen LogP contribution in [0.2, 0.25) is 0 Å². The van der Waals surface area contributed by atoms with Crippen LogP contribution in [0.5, 0.6) is 17.2 Å². The van der Waals surface area contributed by atoms with Gasteiger partial charge in [-0.05, 0) is 12.1 Å². The lowest BCUT2D eigenvalue weighted by Crippen LogP contribution is -1.95. The molecule has 0 saturated carbocycles. The summed E-state index contributed by atoms with van der Waals surface area (Å²) in [4.78, 5) is 1.01. The molecule has 1 radical (unpaired) electrons. The topological polar surface area (TPSA) is 27.7 Å². The highest BCUT2D eigenvalue weighted by Gasteiger charge is 2.15. The molecule has 1 aromatic rings. The zero-order chi connectivity index (χ0) is 11.3. The maximum atomic E-state index is 5.32. The highest BCUT2D eigenvalue weighted by atomic mass is 32.2. The quantitative estimate of drug-likeness (QED) is 0.723. The standard InChI is InChI=1S/C11H15O3S/c1-5-15-9-7-6-8(12-2)10(13-3)11(9)14-4/h5-7H,1-4H3. The van der Waals surface area contributed by atoms with E-state index >= 15 is 0 Å². The average molecular weight is 227 g/mol. The number of benzene rings is 1. The summed E-state index contributed by atoms with van der Waals surface area (Å²) >= 11 is 1.59. The molecule has 0 saturated heterocycles. The maximum absolute atomic E-state index is 5.32. The van der Waals surface area contributed by atoms with Crippen LogP contribution in [-0.2, 0) is 0 Å². The van der Waals surface area contributed by atoms with Crippen molar-refractivity contribution in [2.45, 2.75) is 11.8 Å². The Bertz CT molecular complexity index is 326. The molecular formula is C11H15O3S. The lowest BCUT2D eigenvalue weighted by atomic mass is 10.3. The normalized spacial score (nSPS) is 9.87. The molecule has 0 fully saturated rings. The molecule has 4 heteroatoms. The van der Waals surface area contributed by atoms with Crippen molar-refractivity contribution in [2.24, 2.45) is 0 Å². The van der Waals surface area contributed by atoms with E-state index in [1.54, 1.807) is 33.1 Å². The molecule has 83 valence electrons. The first-order chi connectivity index (χ1) is 7.28. The van der Waals surface area contributed by atoms with E-state index in [1.165, 1.54) is 0 Å². The second kappa shape index (κ2) is 5.75. The van der Waals surface area contributed by atoms with Crippen molar-refractivity contribution >= 4 is 11.8 Å². The molecule has 0 aliphatic rings. The minimum atomic E-state index is 0.631. The largest absolute Gasteiger partial charge is 0.493 e. The predicted octanol–water partition coefficient (Wildman–Crippen LogP) is 2.99. The fourth-order valence-electron chi connectivity index (χ4n) is 1.29. The summed E-state index contributed by atoms with van der Waals surface area (Å²) in [5, 5.41) is 0. The van der Waals surface area contributed by atoms with Crippen molar-refractivity contribution in [3.8, 4) is 17.2 Å². The fourth-order valence-corrected chi connectivity index (χ4v) is 1.98. The third-order valence-corrected chi connectivity index (χ3v) is 2.72. The van der Waals surface area contributed by atoms with Gasteiger partial charge >= 0.3 is 0 Å². The highest BCUT2D eigenvalue weighted by Crippen LogP contribution is 2.44. The van der Waals surface area contributed by atoms with Gasteiger partial charge in [-0.3, -0.25) is 0 Å². The summed E-state index contributed by atoms with van der Waals surface area (Å²) in [6, 6.07) is 3.82. The molecule has 0 N–H and O–H groups in total. The van der Waals surface area contributed by atoms with Crippen LogP contribution >= 0.6 is 11.8 Å². The van der Waals surface area contributed by atoms with Crippen molar-refractivity contribution in [2.75, 3.05) is 21.3 Å². The summed E-state index contributed by atoms with van der Waals surface area (Å²) in [5.41, 5.74) is 0. The Morgan fingerprint density at radius 3 is 2.13 bits per heavy atom. The third-order valence-electron chi connectivity index (χ3n) is 1.91. The van der Waals surface area contributed by atoms with Crippen molar-refractivity contribution in [1.82, 2.24) is 0 Å². The Morgan fingerprint density at radius 1 is 1.00 bits per heavy atom. The molecule has 15 heavy (non-hydrogen) atoms. The zero-order valence-corrected chi connectivity index (χ0v) is 10.2. The Hall–Kier alpha value is -1.03.